The zero-order valence-corrected chi connectivity index (χ0v) is 9.86. The molecule has 1 aromatic rings. The molecule has 4 heteroatoms. The number of benzene rings is 1. The molecule has 4 nitrogen and oxygen atoms in total. The SMILES string of the molecule is COCCN(C)Cc1ccc(C(=N)N)cc1. The number of methoxy groups -OCH3 is 1. The Morgan fingerprint density at radius 1 is 1.38 bits per heavy atom. The van der Waals surface area contributed by atoms with E-state index in [-0.39, 0.29) is 5.84 Å². The van der Waals surface area contributed by atoms with E-state index in [1.807, 2.05) is 24.3 Å². The van der Waals surface area contributed by atoms with Crippen LogP contribution < -0.4 is 5.73 Å². The van der Waals surface area contributed by atoms with Crippen LogP contribution in [0.2, 0.25) is 0 Å². The maximum absolute atomic E-state index is 7.29. The number of nitrogen functional groups attached to an aromatic ring is 1. The Hall–Kier alpha value is -1.39. The van der Waals surface area contributed by atoms with Gasteiger partial charge in [0.2, 0.25) is 0 Å². The highest BCUT2D eigenvalue weighted by atomic mass is 16.5. The van der Waals surface area contributed by atoms with Crippen molar-refractivity contribution in [3.63, 3.8) is 0 Å². The minimum absolute atomic E-state index is 0.110. The molecule has 0 saturated carbocycles. The predicted octanol–water partition coefficient (Wildman–Crippen LogP) is 1.05. The van der Waals surface area contributed by atoms with Crippen molar-refractivity contribution in [1.29, 1.82) is 5.41 Å². The normalized spacial score (nSPS) is 10.7. The summed E-state index contributed by atoms with van der Waals surface area (Å²) in [5, 5.41) is 7.29. The lowest BCUT2D eigenvalue weighted by atomic mass is 10.1. The third-order valence-corrected chi connectivity index (χ3v) is 2.39. The zero-order chi connectivity index (χ0) is 12.0. The molecule has 0 heterocycles. The zero-order valence-electron chi connectivity index (χ0n) is 9.86. The minimum Gasteiger partial charge on any atom is -0.384 e. The van der Waals surface area contributed by atoms with Crippen LogP contribution in [0.25, 0.3) is 0 Å². The van der Waals surface area contributed by atoms with Crippen molar-refractivity contribution in [1.82, 2.24) is 4.90 Å². The number of amidine groups is 1. The van der Waals surface area contributed by atoms with Crippen LogP contribution in [-0.2, 0) is 11.3 Å². The number of hydrogen-bond acceptors (Lipinski definition) is 3. The van der Waals surface area contributed by atoms with Crippen LogP contribution >= 0.6 is 0 Å². The summed E-state index contributed by atoms with van der Waals surface area (Å²) in [5.74, 6) is 0.110. The second-order valence-electron chi connectivity index (χ2n) is 3.84. The fourth-order valence-corrected chi connectivity index (χ4v) is 1.43. The Bertz CT molecular complexity index is 335. The standard InChI is InChI=1S/C12H19N3O/c1-15(7-8-16-2)9-10-3-5-11(6-4-10)12(13)14/h3-6H,7-9H2,1-2H3,(H3,13,14). The Kier molecular flexibility index (Phi) is 4.95. The molecule has 0 bridgehead atoms. The number of nitrogens with one attached hydrogen (secondary N) is 1. The lowest BCUT2D eigenvalue weighted by molar-refractivity contribution is 0.158. The van der Waals surface area contributed by atoms with Gasteiger partial charge in [-0.3, -0.25) is 10.3 Å². The molecule has 0 fully saturated rings. The molecule has 0 amide bonds. The maximum atomic E-state index is 7.29. The molecule has 0 aliphatic heterocycles. The number of rotatable bonds is 6. The Morgan fingerprint density at radius 3 is 2.50 bits per heavy atom. The average Bonchev–Trinajstić information content (AvgIpc) is 2.27. The number of hydrogen-bond donors (Lipinski definition) is 2. The summed E-state index contributed by atoms with van der Waals surface area (Å²) in [6.07, 6.45) is 0. The topological polar surface area (TPSA) is 62.3 Å². The highest BCUT2D eigenvalue weighted by molar-refractivity contribution is 5.94. The molecule has 1 aromatic carbocycles. The van der Waals surface area contributed by atoms with E-state index in [0.717, 1.165) is 25.3 Å². The fourth-order valence-electron chi connectivity index (χ4n) is 1.43. The van der Waals surface area contributed by atoms with Crippen molar-refractivity contribution in [3.05, 3.63) is 35.4 Å². The van der Waals surface area contributed by atoms with E-state index in [1.54, 1.807) is 7.11 Å². The first-order valence-electron chi connectivity index (χ1n) is 5.24. The summed E-state index contributed by atoms with van der Waals surface area (Å²) in [6.45, 7) is 2.52. The van der Waals surface area contributed by atoms with Crippen molar-refractivity contribution in [3.8, 4) is 0 Å². The van der Waals surface area contributed by atoms with Crippen LogP contribution in [-0.4, -0.2) is 38.0 Å². The first-order valence-corrected chi connectivity index (χ1v) is 5.24. The summed E-state index contributed by atoms with van der Waals surface area (Å²) in [5.41, 5.74) is 7.37. The van der Waals surface area contributed by atoms with E-state index < -0.39 is 0 Å². The lowest BCUT2D eigenvalue weighted by Crippen LogP contribution is -2.22. The second-order valence-corrected chi connectivity index (χ2v) is 3.84. The van der Waals surface area contributed by atoms with E-state index in [4.69, 9.17) is 15.9 Å². The molecule has 0 atom stereocenters. The summed E-state index contributed by atoms with van der Waals surface area (Å²) < 4.78 is 5.01. The highest BCUT2D eigenvalue weighted by Gasteiger charge is 2.01. The largest absolute Gasteiger partial charge is 0.384 e. The van der Waals surface area contributed by atoms with Gasteiger partial charge in [0.05, 0.1) is 6.61 Å². The third kappa shape index (κ3) is 4.00. The molecular formula is C12H19N3O. The predicted molar refractivity (Wildman–Crippen MR) is 65.7 cm³/mol. The van der Waals surface area contributed by atoms with Gasteiger partial charge in [0.15, 0.2) is 0 Å². The monoisotopic (exact) mass is 221 g/mol. The Labute approximate surface area is 96.5 Å². The smallest absolute Gasteiger partial charge is 0.122 e. The van der Waals surface area contributed by atoms with Crippen LogP contribution in [0.4, 0.5) is 0 Å². The van der Waals surface area contributed by atoms with Crippen LogP contribution in [0.1, 0.15) is 11.1 Å². The van der Waals surface area contributed by atoms with E-state index >= 15 is 0 Å². The fraction of sp³-hybridized carbons (Fsp3) is 0.417. The molecule has 0 unspecified atom stereocenters. The van der Waals surface area contributed by atoms with Gasteiger partial charge < -0.3 is 10.5 Å². The summed E-state index contributed by atoms with van der Waals surface area (Å²) in [4.78, 5) is 2.19. The van der Waals surface area contributed by atoms with Crippen molar-refractivity contribution in [2.24, 2.45) is 5.73 Å². The average molecular weight is 221 g/mol. The van der Waals surface area contributed by atoms with Crippen molar-refractivity contribution >= 4 is 5.84 Å². The number of likely N-dealkylation sites (N-methyl/N-ethyl adjacent to an activating group) is 1. The van der Waals surface area contributed by atoms with E-state index in [1.165, 1.54) is 5.56 Å². The molecule has 0 aliphatic rings. The van der Waals surface area contributed by atoms with Gasteiger partial charge >= 0.3 is 0 Å². The van der Waals surface area contributed by atoms with Crippen LogP contribution in [0.3, 0.4) is 0 Å². The molecule has 0 aromatic heterocycles. The van der Waals surface area contributed by atoms with Crippen LogP contribution in [0.5, 0.6) is 0 Å². The summed E-state index contributed by atoms with van der Waals surface area (Å²) >= 11 is 0. The molecule has 0 saturated heterocycles. The first kappa shape index (κ1) is 12.7. The second kappa shape index (κ2) is 6.25. The third-order valence-electron chi connectivity index (χ3n) is 2.39. The van der Waals surface area contributed by atoms with Gasteiger partial charge in [0.1, 0.15) is 5.84 Å². The van der Waals surface area contributed by atoms with E-state index in [0.29, 0.717) is 0 Å². The first-order chi connectivity index (χ1) is 7.63. The number of ether oxygens (including phenoxy) is 1. The molecule has 0 radical (unpaired) electrons. The number of nitrogens with zero attached hydrogens (tertiary/aromatic N) is 1. The van der Waals surface area contributed by atoms with Gasteiger partial charge in [-0.1, -0.05) is 24.3 Å². The van der Waals surface area contributed by atoms with Crippen molar-refractivity contribution in [2.75, 3.05) is 27.3 Å². The van der Waals surface area contributed by atoms with Crippen molar-refractivity contribution in [2.45, 2.75) is 6.54 Å². The molecule has 0 spiro atoms. The van der Waals surface area contributed by atoms with E-state index in [2.05, 4.69) is 11.9 Å². The molecule has 0 aliphatic carbocycles. The molecule has 16 heavy (non-hydrogen) atoms. The Balaban J connectivity index is 2.51. The van der Waals surface area contributed by atoms with Gasteiger partial charge in [-0.15, -0.1) is 0 Å². The van der Waals surface area contributed by atoms with Gasteiger partial charge in [0, 0.05) is 25.8 Å². The Morgan fingerprint density at radius 2 is 2.00 bits per heavy atom. The minimum atomic E-state index is 0.110. The van der Waals surface area contributed by atoms with Gasteiger partial charge in [0.25, 0.3) is 0 Å². The van der Waals surface area contributed by atoms with E-state index in [9.17, 15) is 0 Å². The lowest BCUT2D eigenvalue weighted by Gasteiger charge is -2.16. The molecule has 3 N–H and O–H groups in total. The summed E-state index contributed by atoms with van der Waals surface area (Å²) in [6, 6.07) is 7.75. The summed E-state index contributed by atoms with van der Waals surface area (Å²) in [7, 11) is 3.76. The van der Waals surface area contributed by atoms with Crippen molar-refractivity contribution < 1.29 is 4.74 Å². The molecular weight excluding hydrogens is 202 g/mol. The van der Waals surface area contributed by atoms with Gasteiger partial charge in [-0.25, -0.2) is 0 Å². The van der Waals surface area contributed by atoms with Crippen LogP contribution in [0, 0.1) is 5.41 Å². The quantitative estimate of drug-likeness (QED) is 0.557. The number of nitrogens with two attached hydrogens (primary N) is 1. The molecule has 88 valence electrons. The molecule has 1 rings (SSSR count). The highest BCUT2D eigenvalue weighted by Crippen LogP contribution is 2.06. The van der Waals surface area contributed by atoms with Gasteiger partial charge in [-0.2, -0.15) is 0 Å². The van der Waals surface area contributed by atoms with Crippen LogP contribution in [0.15, 0.2) is 24.3 Å². The van der Waals surface area contributed by atoms with Gasteiger partial charge in [-0.05, 0) is 12.6 Å². The maximum Gasteiger partial charge on any atom is 0.122 e.